The summed E-state index contributed by atoms with van der Waals surface area (Å²) in [5.41, 5.74) is 6.90. The highest BCUT2D eigenvalue weighted by Gasteiger charge is 2.13. The number of hydrogen-bond acceptors (Lipinski definition) is 4. The van der Waals surface area contributed by atoms with Crippen molar-refractivity contribution in [3.05, 3.63) is 11.9 Å². The molecule has 0 aliphatic heterocycles. The molecule has 1 heterocycles. The first kappa shape index (κ1) is 12.0. The van der Waals surface area contributed by atoms with Crippen molar-refractivity contribution >= 4 is 15.7 Å². The van der Waals surface area contributed by atoms with Gasteiger partial charge in [0.05, 0.1) is 23.7 Å². The summed E-state index contributed by atoms with van der Waals surface area (Å²) in [5.74, 6) is 0.0283. The van der Waals surface area contributed by atoms with Crippen molar-refractivity contribution in [2.45, 2.75) is 13.5 Å². The molecule has 0 unspecified atom stereocenters. The van der Waals surface area contributed by atoms with Gasteiger partial charge in [0.25, 0.3) is 0 Å². The minimum absolute atomic E-state index is 0.0283. The zero-order valence-corrected chi connectivity index (χ0v) is 9.95. The van der Waals surface area contributed by atoms with E-state index in [4.69, 9.17) is 5.73 Å². The molecule has 0 aliphatic rings. The smallest absolute Gasteiger partial charge is 0.215 e. The van der Waals surface area contributed by atoms with Gasteiger partial charge in [0.1, 0.15) is 0 Å². The van der Waals surface area contributed by atoms with Gasteiger partial charge in [0.15, 0.2) is 0 Å². The van der Waals surface area contributed by atoms with E-state index < -0.39 is 10.0 Å². The van der Waals surface area contributed by atoms with Gasteiger partial charge in [-0.3, -0.25) is 4.68 Å². The molecule has 7 heteroatoms. The fourth-order valence-electron chi connectivity index (χ4n) is 1.04. The molecule has 0 spiro atoms. The Kier molecular flexibility index (Phi) is 3.35. The Bertz CT molecular complexity index is 416. The van der Waals surface area contributed by atoms with E-state index >= 15 is 0 Å². The Labute approximate surface area is 89.7 Å². The molecule has 0 saturated heterocycles. The van der Waals surface area contributed by atoms with Crippen LogP contribution in [-0.2, 0) is 16.6 Å². The van der Waals surface area contributed by atoms with Crippen LogP contribution in [0.15, 0.2) is 6.20 Å². The number of aromatic nitrogens is 2. The van der Waals surface area contributed by atoms with Crippen LogP contribution in [0.25, 0.3) is 0 Å². The molecule has 0 saturated carbocycles. The van der Waals surface area contributed by atoms with Crippen LogP contribution in [0.3, 0.4) is 0 Å². The molecule has 0 aromatic carbocycles. The topological polar surface area (TPSA) is 81.2 Å². The molecule has 0 amide bonds. The fraction of sp³-hybridized carbons (Fsp3) is 0.625. The summed E-state index contributed by atoms with van der Waals surface area (Å²) < 4.78 is 25.6. The largest absolute Gasteiger partial charge is 0.396 e. The molecule has 2 N–H and O–H groups in total. The van der Waals surface area contributed by atoms with Gasteiger partial charge in [-0.25, -0.2) is 12.7 Å². The molecule has 0 fully saturated rings. The third-order valence-corrected chi connectivity index (χ3v) is 3.93. The fourth-order valence-corrected chi connectivity index (χ4v) is 1.82. The number of nitrogens with two attached hydrogens (primary N) is 1. The number of nitrogen functional groups attached to an aromatic ring is 1. The molecule has 0 aliphatic carbocycles. The summed E-state index contributed by atoms with van der Waals surface area (Å²) in [5, 5.41) is 4.08. The molecular weight excluding hydrogens is 216 g/mol. The van der Waals surface area contributed by atoms with Crippen LogP contribution in [-0.4, -0.2) is 42.4 Å². The first-order valence-electron chi connectivity index (χ1n) is 4.52. The summed E-state index contributed by atoms with van der Waals surface area (Å²) >= 11 is 0. The molecule has 86 valence electrons. The average molecular weight is 232 g/mol. The Hall–Kier alpha value is -1.08. The van der Waals surface area contributed by atoms with Crippen molar-refractivity contribution in [1.82, 2.24) is 14.1 Å². The maximum Gasteiger partial charge on any atom is 0.215 e. The lowest BCUT2D eigenvalue weighted by molar-refractivity contribution is 0.511. The van der Waals surface area contributed by atoms with Crippen molar-refractivity contribution in [3.8, 4) is 0 Å². The van der Waals surface area contributed by atoms with Crippen LogP contribution < -0.4 is 5.73 Å². The predicted octanol–water partition coefficient (Wildman–Crippen LogP) is -0.335. The highest BCUT2D eigenvalue weighted by Crippen LogP contribution is 2.07. The molecule has 15 heavy (non-hydrogen) atoms. The van der Waals surface area contributed by atoms with Gasteiger partial charge in [0.2, 0.25) is 10.0 Å². The van der Waals surface area contributed by atoms with E-state index in [2.05, 4.69) is 5.10 Å². The third kappa shape index (κ3) is 2.93. The van der Waals surface area contributed by atoms with E-state index in [1.54, 1.807) is 17.8 Å². The van der Waals surface area contributed by atoms with Gasteiger partial charge in [-0.1, -0.05) is 0 Å². The van der Waals surface area contributed by atoms with E-state index in [-0.39, 0.29) is 5.75 Å². The van der Waals surface area contributed by atoms with E-state index in [0.717, 1.165) is 5.69 Å². The number of sulfonamides is 1. The Morgan fingerprint density at radius 3 is 2.53 bits per heavy atom. The lowest BCUT2D eigenvalue weighted by Crippen LogP contribution is -2.27. The maximum atomic E-state index is 11.4. The van der Waals surface area contributed by atoms with Crippen LogP contribution in [0, 0.1) is 6.92 Å². The van der Waals surface area contributed by atoms with Crippen LogP contribution in [0.1, 0.15) is 5.69 Å². The number of anilines is 1. The number of aryl methyl sites for hydroxylation is 2. The maximum absolute atomic E-state index is 11.4. The summed E-state index contributed by atoms with van der Waals surface area (Å²) in [4.78, 5) is 0. The Morgan fingerprint density at radius 1 is 1.53 bits per heavy atom. The van der Waals surface area contributed by atoms with Crippen LogP contribution >= 0.6 is 0 Å². The average Bonchev–Trinajstić information content (AvgIpc) is 2.43. The molecule has 6 nitrogen and oxygen atoms in total. The normalized spacial score (nSPS) is 12.3. The minimum atomic E-state index is -3.17. The van der Waals surface area contributed by atoms with Crippen LogP contribution in [0.2, 0.25) is 0 Å². The van der Waals surface area contributed by atoms with Gasteiger partial charge < -0.3 is 5.73 Å². The van der Waals surface area contributed by atoms with Gasteiger partial charge in [-0.05, 0) is 6.92 Å². The highest BCUT2D eigenvalue weighted by atomic mass is 32.2. The Balaban J connectivity index is 2.66. The first-order valence-corrected chi connectivity index (χ1v) is 6.13. The predicted molar refractivity (Wildman–Crippen MR) is 58.9 cm³/mol. The summed E-state index contributed by atoms with van der Waals surface area (Å²) in [6, 6.07) is 0. The first-order chi connectivity index (χ1) is 6.83. The van der Waals surface area contributed by atoms with Crippen LogP contribution in [0.4, 0.5) is 5.69 Å². The summed E-state index contributed by atoms with van der Waals surface area (Å²) in [6.07, 6.45) is 1.64. The molecule has 1 aromatic rings. The summed E-state index contributed by atoms with van der Waals surface area (Å²) in [6.45, 7) is 2.10. The molecule has 1 rings (SSSR count). The monoisotopic (exact) mass is 232 g/mol. The lowest BCUT2D eigenvalue weighted by atomic mass is 10.4. The second-order valence-corrected chi connectivity index (χ2v) is 5.83. The minimum Gasteiger partial charge on any atom is -0.396 e. The van der Waals surface area contributed by atoms with Crippen molar-refractivity contribution in [2.75, 3.05) is 25.6 Å². The number of rotatable bonds is 4. The highest BCUT2D eigenvalue weighted by molar-refractivity contribution is 7.89. The van der Waals surface area contributed by atoms with E-state index in [1.807, 2.05) is 0 Å². The van der Waals surface area contributed by atoms with E-state index in [0.29, 0.717) is 12.2 Å². The second kappa shape index (κ2) is 4.19. The van der Waals surface area contributed by atoms with Crippen molar-refractivity contribution in [2.24, 2.45) is 0 Å². The standard InChI is InChI=1S/C8H16N4O2S/c1-7-8(9)6-12(10-7)4-5-15(13,14)11(2)3/h6H,4-5,9H2,1-3H3. The van der Waals surface area contributed by atoms with E-state index in [9.17, 15) is 8.42 Å². The second-order valence-electron chi connectivity index (χ2n) is 3.53. The van der Waals surface area contributed by atoms with Gasteiger partial charge in [0, 0.05) is 20.3 Å². The van der Waals surface area contributed by atoms with Crippen molar-refractivity contribution in [1.29, 1.82) is 0 Å². The van der Waals surface area contributed by atoms with E-state index in [1.165, 1.54) is 18.4 Å². The molecular formula is C8H16N4O2S. The third-order valence-electron chi connectivity index (χ3n) is 2.12. The molecule has 0 bridgehead atoms. The summed E-state index contributed by atoms with van der Waals surface area (Å²) in [7, 11) is -0.144. The Morgan fingerprint density at radius 2 is 2.13 bits per heavy atom. The zero-order valence-electron chi connectivity index (χ0n) is 9.14. The zero-order chi connectivity index (χ0) is 11.6. The molecule has 1 aromatic heterocycles. The lowest BCUT2D eigenvalue weighted by Gasteiger charge is -2.10. The van der Waals surface area contributed by atoms with Crippen LogP contribution in [0.5, 0.6) is 0 Å². The molecule has 0 atom stereocenters. The number of hydrogen-bond donors (Lipinski definition) is 1. The SMILES string of the molecule is Cc1nn(CCS(=O)(=O)N(C)C)cc1N. The number of nitrogens with zero attached hydrogens (tertiary/aromatic N) is 3. The van der Waals surface area contributed by atoms with Crippen molar-refractivity contribution in [3.63, 3.8) is 0 Å². The molecule has 0 radical (unpaired) electrons. The van der Waals surface area contributed by atoms with Gasteiger partial charge >= 0.3 is 0 Å². The van der Waals surface area contributed by atoms with Gasteiger partial charge in [-0.2, -0.15) is 5.10 Å². The van der Waals surface area contributed by atoms with Crippen molar-refractivity contribution < 1.29 is 8.42 Å². The quantitative estimate of drug-likeness (QED) is 0.770. The van der Waals surface area contributed by atoms with Gasteiger partial charge in [-0.15, -0.1) is 0 Å².